The standard InChI is InChI=1S/C25H20N4O2S/c1-2-31-23-17(13-26)14-27-20-9-8-15(10-19(20)23)11-22-24(30)29-25(32-22)28-21-12-18(21)16-6-4-3-5-7-16/h3-11,14,18,21H,2,12H2,1H3,(H,28,29,30)/b22-11-/t18-,21+/m0/s1. The number of aromatic nitrogens is 1. The van der Waals surface area contributed by atoms with Gasteiger partial charge in [0.05, 0.1) is 17.0 Å². The Morgan fingerprint density at radius 2 is 2.12 bits per heavy atom. The number of aliphatic imine (C=N–C) groups is 1. The highest BCUT2D eigenvalue weighted by atomic mass is 32.2. The van der Waals surface area contributed by atoms with Crippen LogP contribution in [0.25, 0.3) is 17.0 Å². The zero-order chi connectivity index (χ0) is 22.1. The number of amides is 1. The van der Waals surface area contributed by atoms with E-state index < -0.39 is 0 Å². The van der Waals surface area contributed by atoms with E-state index in [1.165, 1.54) is 23.5 Å². The third kappa shape index (κ3) is 3.97. The van der Waals surface area contributed by atoms with Gasteiger partial charge in [0, 0.05) is 23.5 Å². The van der Waals surface area contributed by atoms with Crippen LogP contribution in [-0.4, -0.2) is 28.7 Å². The van der Waals surface area contributed by atoms with Crippen molar-refractivity contribution in [2.45, 2.75) is 25.3 Å². The molecule has 0 spiro atoms. The second kappa shape index (κ2) is 8.48. The average Bonchev–Trinajstić information content (AvgIpc) is 3.50. The minimum absolute atomic E-state index is 0.247. The molecular weight excluding hydrogens is 420 g/mol. The number of carbonyl (C=O) groups excluding carboxylic acids is 1. The molecule has 3 aromatic rings. The number of benzene rings is 2. The van der Waals surface area contributed by atoms with Crippen LogP contribution in [0, 0.1) is 11.3 Å². The Bertz CT molecular complexity index is 1310. The Morgan fingerprint density at radius 3 is 2.91 bits per heavy atom. The fourth-order valence-corrected chi connectivity index (χ4v) is 4.73. The Balaban J connectivity index is 1.34. The van der Waals surface area contributed by atoms with Crippen LogP contribution in [0.15, 0.2) is 64.6 Å². The number of nitrogens with one attached hydrogen (secondary N) is 1. The molecule has 1 amide bonds. The first-order valence-electron chi connectivity index (χ1n) is 10.5. The number of thioether (sulfide) groups is 1. The largest absolute Gasteiger partial charge is 0.492 e. The summed E-state index contributed by atoms with van der Waals surface area (Å²) in [4.78, 5) is 21.6. The Hall–Kier alpha value is -3.63. The number of amidine groups is 1. The van der Waals surface area contributed by atoms with Crippen molar-refractivity contribution in [3.8, 4) is 11.8 Å². The van der Waals surface area contributed by atoms with Crippen LogP contribution in [0.2, 0.25) is 0 Å². The van der Waals surface area contributed by atoms with Gasteiger partial charge in [0.2, 0.25) is 0 Å². The first kappa shape index (κ1) is 20.3. The molecule has 2 aliphatic rings. The average molecular weight is 441 g/mol. The molecule has 158 valence electrons. The Morgan fingerprint density at radius 1 is 1.28 bits per heavy atom. The summed E-state index contributed by atoms with van der Waals surface area (Å²) in [5.74, 6) is 0.732. The van der Waals surface area contributed by atoms with Gasteiger partial charge < -0.3 is 10.1 Å². The van der Waals surface area contributed by atoms with E-state index >= 15 is 0 Å². The van der Waals surface area contributed by atoms with E-state index in [1.54, 1.807) is 0 Å². The van der Waals surface area contributed by atoms with Crippen LogP contribution in [0.4, 0.5) is 0 Å². The van der Waals surface area contributed by atoms with Gasteiger partial charge in [-0.3, -0.25) is 9.78 Å². The maximum Gasteiger partial charge on any atom is 0.286 e. The van der Waals surface area contributed by atoms with Crippen LogP contribution >= 0.6 is 11.8 Å². The van der Waals surface area contributed by atoms with Gasteiger partial charge in [-0.2, -0.15) is 10.3 Å². The molecule has 1 aliphatic heterocycles. The molecule has 1 saturated carbocycles. The van der Waals surface area contributed by atoms with E-state index in [0.717, 1.165) is 22.9 Å². The molecule has 0 bridgehead atoms. The first-order chi connectivity index (χ1) is 15.7. The lowest BCUT2D eigenvalue weighted by Gasteiger charge is -2.09. The summed E-state index contributed by atoms with van der Waals surface area (Å²) in [5, 5.41) is 14.2. The molecule has 7 heteroatoms. The number of pyridine rings is 1. The van der Waals surface area contributed by atoms with Gasteiger partial charge >= 0.3 is 0 Å². The second-order valence-corrected chi connectivity index (χ2v) is 8.69. The van der Waals surface area contributed by atoms with E-state index in [-0.39, 0.29) is 5.91 Å². The molecule has 2 atom stereocenters. The molecule has 1 fully saturated rings. The fourth-order valence-electron chi connectivity index (χ4n) is 3.86. The Kier molecular flexibility index (Phi) is 5.38. The predicted molar refractivity (Wildman–Crippen MR) is 126 cm³/mol. The lowest BCUT2D eigenvalue weighted by molar-refractivity contribution is -0.113. The highest BCUT2D eigenvalue weighted by Crippen LogP contribution is 2.42. The summed E-state index contributed by atoms with van der Waals surface area (Å²) in [6.45, 7) is 2.32. The summed E-state index contributed by atoms with van der Waals surface area (Å²) >= 11 is 1.36. The molecule has 1 aromatic heterocycles. The number of nitriles is 1. The molecular formula is C25H20N4O2S. The van der Waals surface area contributed by atoms with Gasteiger partial charge in [-0.15, -0.1) is 0 Å². The van der Waals surface area contributed by atoms with Crippen molar-refractivity contribution in [3.05, 3.63) is 76.3 Å². The lowest BCUT2D eigenvalue weighted by Crippen LogP contribution is -2.22. The maximum absolute atomic E-state index is 12.5. The third-order valence-corrected chi connectivity index (χ3v) is 6.41. The summed E-state index contributed by atoms with van der Waals surface area (Å²) in [6, 6.07) is 18.5. The topological polar surface area (TPSA) is 87.4 Å². The van der Waals surface area contributed by atoms with Gasteiger partial charge in [0.1, 0.15) is 17.4 Å². The molecule has 1 N–H and O–H groups in total. The minimum Gasteiger partial charge on any atom is -0.492 e. The van der Waals surface area contributed by atoms with Gasteiger partial charge in [-0.1, -0.05) is 36.4 Å². The highest BCUT2D eigenvalue weighted by molar-refractivity contribution is 8.18. The van der Waals surface area contributed by atoms with E-state index in [4.69, 9.17) is 4.74 Å². The molecule has 1 aliphatic carbocycles. The molecule has 5 rings (SSSR count). The number of ether oxygens (including phenoxy) is 1. The summed E-state index contributed by atoms with van der Waals surface area (Å²) < 4.78 is 5.71. The van der Waals surface area contributed by atoms with Gasteiger partial charge in [0.15, 0.2) is 5.17 Å². The fraction of sp³-hybridized carbons (Fsp3) is 0.200. The van der Waals surface area contributed by atoms with E-state index in [9.17, 15) is 10.1 Å². The zero-order valence-electron chi connectivity index (χ0n) is 17.4. The molecule has 2 heterocycles. The number of carbonyl (C=O) groups is 1. The van der Waals surface area contributed by atoms with Gasteiger partial charge in [-0.25, -0.2) is 0 Å². The van der Waals surface area contributed by atoms with E-state index in [0.29, 0.717) is 40.0 Å². The van der Waals surface area contributed by atoms with Gasteiger partial charge in [0.25, 0.3) is 5.91 Å². The predicted octanol–water partition coefficient (Wildman–Crippen LogP) is 4.62. The normalized spacial score (nSPS) is 20.8. The van der Waals surface area contributed by atoms with Crippen molar-refractivity contribution in [2.75, 3.05) is 6.61 Å². The summed E-state index contributed by atoms with van der Waals surface area (Å²) in [7, 11) is 0. The molecule has 32 heavy (non-hydrogen) atoms. The molecule has 0 unspecified atom stereocenters. The van der Waals surface area contributed by atoms with Crippen molar-refractivity contribution < 1.29 is 9.53 Å². The van der Waals surface area contributed by atoms with Crippen molar-refractivity contribution in [1.82, 2.24) is 10.3 Å². The Labute approximate surface area is 190 Å². The minimum atomic E-state index is -0.247. The van der Waals surface area contributed by atoms with Crippen LogP contribution < -0.4 is 10.1 Å². The van der Waals surface area contributed by atoms with Crippen molar-refractivity contribution in [1.29, 1.82) is 5.26 Å². The molecule has 2 aromatic carbocycles. The number of fused-ring (bicyclic) bond motifs is 1. The quantitative estimate of drug-likeness (QED) is 0.583. The second-order valence-electron chi connectivity index (χ2n) is 7.66. The number of nitrogens with zero attached hydrogens (tertiary/aromatic N) is 3. The zero-order valence-corrected chi connectivity index (χ0v) is 18.2. The van der Waals surface area contributed by atoms with E-state index in [1.807, 2.05) is 49.4 Å². The summed E-state index contributed by atoms with van der Waals surface area (Å²) in [5.41, 5.74) is 3.26. The van der Waals surface area contributed by atoms with Crippen molar-refractivity contribution >= 4 is 39.8 Å². The molecule has 0 saturated heterocycles. The smallest absolute Gasteiger partial charge is 0.286 e. The van der Waals surface area contributed by atoms with Crippen molar-refractivity contribution in [2.24, 2.45) is 4.99 Å². The summed E-state index contributed by atoms with van der Waals surface area (Å²) in [6.07, 6.45) is 4.38. The van der Waals surface area contributed by atoms with Crippen LogP contribution in [0.1, 0.15) is 36.0 Å². The molecule has 0 radical (unpaired) electrons. The first-order valence-corrected chi connectivity index (χ1v) is 11.3. The van der Waals surface area contributed by atoms with E-state index in [2.05, 4.69) is 33.5 Å². The lowest BCUT2D eigenvalue weighted by atomic mass is 10.1. The highest BCUT2D eigenvalue weighted by Gasteiger charge is 2.40. The molecule has 6 nitrogen and oxygen atoms in total. The van der Waals surface area contributed by atoms with Crippen molar-refractivity contribution in [3.63, 3.8) is 0 Å². The monoisotopic (exact) mass is 440 g/mol. The van der Waals surface area contributed by atoms with Gasteiger partial charge in [-0.05, 0) is 54.4 Å². The third-order valence-electron chi connectivity index (χ3n) is 5.50. The maximum atomic E-state index is 12.5. The van der Waals surface area contributed by atoms with Crippen LogP contribution in [-0.2, 0) is 4.79 Å². The van der Waals surface area contributed by atoms with Crippen LogP contribution in [0.5, 0.6) is 5.75 Å². The number of hydrogen-bond donors (Lipinski definition) is 1. The SMILES string of the molecule is CCOc1c(C#N)cnc2ccc(/C=C3\SC(N[C@@H]4C[C@H]4c4ccccc4)=NC3=O)cc12. The number of hydrogen-bond acceptors (Lipinski definition) is 6. The van der Waals surface area contributed by atoms with Crippen LogP contribution in [0.3, 0.4) is 0 Å². The number of rotatable bonds is 5.